The minimum absolute atomic E-state index is 0.219. The number of amides is 1. The summed E-state index contributed by atoms with van der Waals surface area (Å²) in [5, 5.41) is 4.48. The van der Waals surface area contributed by atoms with E-state index < -0.39 is 0 Å². The lowest BCUT2D eigenvalue weighted by Gasteiger charge is -2.47. The standard InChI is InChI=1S/C19H30N4O/c1-5-14(2)19(24)23-10-8-18-16(12-23)7-6-9-22(18)13-17-11-21(4)20-15(17)3/h5,11,16,18H,6-10,12-13H2,1-4H3/b14-5+/t16-,18-/m1/s1. The molecule has 0 bridgehead atoms. The van der Waals surface area contributed by atoms with Gasteiger partial charge in [-0.05, 0) is 52.5 Å². The van der Waals surface area contributed by atoms with E-state index in [9.17, 15) is 4.79 Å². The molecule has 1 amide bonds. The van der Waals surface area contributed by atoms with Crippen LogP contribution in [0.2, 0.25) is 0 Å². The molecule has 3 rings (SSSR count). The summed E-state index contributed by atoms with van der Waals surface area (Å²) in [6.45, 7) is 9.91. The van der Waals surface area contributed by atoms with Crippen molar-refractivity contribution in [1.29, 1.82) is 0 Å². The number of rotatable bonds is 3. The normalized spacial score (nSPS) is 25.7. The molecule has 0 aliphatic carbocycles. The average molecular weight is 330 g/mol. The maximum atomic E-state index is 12.5. The molecule has 0 unspecified atom stereocenters. The first-order valence-electron chi connectivity index (χ1n) is 9.15. The first-order valence-corrected chi connectivity index (χ1v) is 9.15. The number of allylic oxidation sites excluding steroid dienone is 1. The molecule has 2 fully saturated rings. The molecule has 24 heavy (non-hydrogen) atoms. The van der Waals surface area contributed by atoms with Crippen molar-refractivity contribution in [2.75, 3.05) is 19.6 Å². The van der Waals surface area contributed by atoms with Gasteiger partial charge >= 0.3 is 0 Å². The second kappa shape index (κ2) is 7.09. The van der Waals surface area contributed by atoms with Crippen LogP contribution in [0.5, 0.6) is 0 Å². The second-order valence-corrected chi connectivity index (χ2v) is 7.37. The highest BCUT2D eigenvalue weighted by Crippen LogP contribution is 2.32. The average Bonchev–Trinajstić information content (AvgIpc) is 2.90. The molecule has 0 spiro atoms. The van der Waals surface area contributed by atoms with Crippen molar-refractivity contribution in [3.63, 3.8) is 0 Å². The summed E-state index contributed by atoms with van der Waals surface area (Å²) in [7, 11) is 1.99. The summed E-state index contributed by atoms with van der Waals surface area (Å²) in [6.07, 6.45) is 7.63. The highest BCUT2D eigenvalue weighted by Gasteiger charge is 2.37. The van der Waals surface area contributed by atoms with Crippen LogP contribution in [-0.4, -0.2) is 51.2 Å². The number of piperidine rings is 2. The Labute approximate surface area is 145 Å². The van der Waals surface area contributed by atoms with Gasteiger partial charge in [0.05, 0.1) is 5.69 Å². The van der Waals surface area contributed by atoms with Crippen molar-refractivity contribution < 1.29 is 4.79 Å². The largest absolute Gasteiger partial charge is 0.339 e. The number of hydrogen-bond donors (Lipinski definition) is 0. The van der Waals surface area contributed by atoms with E-state index in [1.807, 2.05) is 31.7 Å². The molecule has 5 nitrogen and oxygen atoms in total. The molecule has 1 aromatic rings. The van der Waals surface area contributed by atoms with Gasteiger partial charge in [0.2, 0.25) is 5.91 Å². The smallest absolute Gasteiger partial charge is 0.249 e. The van der Waals surface area contributed by atoms with E-state index in [0.29, 0.717) is 12.0 Å². The van der Waals surface area contributed by atoms with E-state index in [-0.39, 0.29) is 5.91 Å². The third kappa shape index (κ3) is 3.41. The van der Waals surface area contributed by atoms with Crippen molar-refractivity contribution >= 4 is 5.91 Å². The molecule has 2 saturated heterocycles. The number of aromatic nitrogens is 2. The van der Waals surface area contributed by atoms with E-state index in [4.69, 9.17) is 0 Å². The third-order valence-corrected chi connectivity index (χ3v) is 5.73. The molecule has 5 heteroatoms. The van der Waals surface area contributed by atoms with Gasteiger partial charge in [0, 0.05) is 50.1 Å². The van der Waals surface area contributed by atoms with E-state index >= 15 is 0 Å². The molecule has 1 aromatic heterocycles. The molecule has 0 radical (unpaired) electrons. The van der Waals surface area contributed by atoms with Crippen LogP contribution in [0.4, 0.5) is 0 Å². The van der Waals surface area contributed by atoms with Crippen LogP contribution in [0.15, 0.2) is 17.8 Å². The molecule has 0 saturated carbocycles. The van der Waals surface area contributed by atoms with Gasteiger partial charge in [-0.15, -0.1) is 0 Å². The zero-order chi connectivity index (χ0) is 17.3. The lowest BCUT2D eigenvalue weighted by molar-refractivity contribution is -0.130. The number of carbonyl (C=O) groups is 1. The zero-order valence-electron chi connectivity index (χ0n) is 15.5. The van der Waals surface area contributed by atoms with Gasteiger partial charge in [-0.2, -0.15) is 5.10 Å². The number of fused-ring (bicyclic) bond motifs is 1. The lowest BCUT2D eigenvalue weighted by Crippen LogP contribution is -2.54. The molecule has 0 aromatic carbocycles. The Morgan fingerprint density at radius 3 is 2.83 bits per heavy atom. The molecule has 3 heterocycles. The van der Waals surface area contributed by atoms with Crippen molar-refractivity contribution in [3.05, 3.63) is 29.1 Å². The topological polar surface area (TPSA) is 41.4 Å². The fourth-order valence-electron chi connectivity index (χ4n) is 4.28. The van der Waals surface area contributed by atoms with E-state index in [2.05, 4.69) is 28.0 Å². The molecule has 132 valence electrons. The Morgan fingerprint density at radius 1 is 1.38 bits per heavy atom. The van der Waals surface area contributed by atoms with E-state index in [0.717, 1.165) is 43.9 Å². The first-order chi connectivity index (χ1) is 11.5. The maximum Gasteiger partial charge on any atom is 0.249 e. The van der Waals surface area contributed by atoms with Crippen LogP contribution in [0, 0.1) is 12.8 Å². The second-order valence-electron chi connectivity index (χ2n) is 7.37. The number of nitrogens with zero attached hydrogens (tertiary/aromatic N) is 4. The fourth-order valence-corrected chi connectivity index (χ4v) is 4.28. The predicted molar refractivity (Wildman–Crippen MR) is 95.5 cm³/mol. The van der Waals surface area contributed by atoms with Gasteiger partial charge in [0.1, 0.15) is 0 Å². The van der Waals surface area contributed by atoms with Crippen LogP contribution < -0.4 is 0 Å². The quantitative estimate of drug-likeness (QED) is 0.800. The molecule has 0 N–H and O–H groups in total. The van der Waals surface area contributed by atoms with Gasteiger partial charge in [-0.1, -0.05) is 6.08 Å². The highest BCUT2D eigenvalue weighted by molar-refractivity contribution is 5.92. The Kier molecular flexibility index (Phi) is 5.09. The van der Waals surface area contributed by atoms with Crippen LogP contribution in [0.3, 0.4) is 0 Å². The SMILES string of the molecule is C/C=C(\C)C(=O)N1CC[C@@H]2[C@H](CCCN2Cc2cn(C)nc2C)C1. The lowest BCUT2D eigenvalue weighted by atomic mass is 9.83. The number of likely N-dealkylation sites (tertiary alicyclic amines) is 2. The van der Waals surface area contributed by atoms with Gasteiger partial charge in [0.15, 0.2) is 0 Å². The summed E-state index contributed by atoms with van der Waals surface area (Å²) >= 11 is 0. The molecule has 2 aliphatic rings. The number of carbonyl (C=O) groups excluding carboxylic acids is 1. The Bertz CT molecular complexity index is 633. The van der Waals surface area contributed by atoms with Crippen LogP contribution in [0.25, 0.3) is 0 Å². The summed E-state index contributed by atoms with van der Waals surface area (Å²) in [6, 6.07) is 0.605. The Balaban J connectivity index is 1.67. The summed E-state index contributed by atoms with van der Waals surface area (Å²) in [4.78, 5) is 17.1. The Hall–Kier alpha value is -1.62. The van der Waals surface area contributed by atoms with Crippen molar-refractivity contribution in [2.24, 2.45) is 13.0 Å². The number of hydrogen-bond acceptors (Lipinski definition) is 3. The van der Waals surface area contributed by atoms with Gasteiger partial charge in [-0.3, -0.25) is 14.4 Å². The van der Waals surface area contributed by atoms with Crippen LogP contribution >= 0.6 is 0 Å². The van der Waals surface area contributed by atoms with Gasteiger partial charge in [0.25, 0.3) is 0 Å². The van der Waals surface area contributed by atoms with Gasteiger partial charge in [-0.25, -0.2) is 0 Å². The fraction of sp³-hybridized carbons (Fsp3) is 0.684. The third-order valence-electron chi connectivity index (χ3n) is 5.73. The van der Waals surface area contributed by atoms with Gasteiger partial charge < -0.3 is 4.90 Å². The minimum atomic E-state index is 0.219. The summed E-state index contributed by atoms with van der Waals surface area (Å²) in [5.41, 5.74) is 3.34. The molecule has 2 atom stereocenters. The molecular formula is C19H30N4O. The molecular weight excluding hydrogens is 300 g/mol. The van der Waals surface area contributed by atoms with Crippen LogP contribution in [-0.2, 0) is 18.4 Å². The maximum absolute atomic E-state index is 12.5. The molecule has 2 aliphatic heterocycles. The van der Waals surface area contributed by atoms with E-state index in [1.54, 1.807) is 0 Å². The highest BCUT2D eigenvalue weighted by atomic mass is 16.2. The monoisotopic (exact) mass is 330 g/mol. The minimum Gasteiger partial charge on any atom is -0.339 e. The van der Waals surface area contributed by atoms with Crippen molar-refractivity contribution in [3.8, 4) is 0 Å². The summed E-state index contributed by atoms with van der Waals surface area (Å²) < 4.78 is 1.91. The van der Waals surface area contributed by atoms with E-state index in [1.165, 1.54) is 18.4 Å². The number of aryl methyl sites for hydroxylation is 2. The zero-order valence-corrected chi connectivity index (χ0v) is 15.5. The first kappa shape index (κ1) is 17.2. The van der Waals surface area contributed by atoms with Crippen LogP contribution in [0.1, 0.15) is 44.4 Å². The summed E-state index contributed by atoms with van der Waals surface area (Å²) in [5.74, 6) is 0.828. The van der Waals surface area contributed by atoms with Crippen molar-refractivity contribution in [1.82, 2.24) is 19.6 Å². The van der Waals surface area contributed by atoms with Crippen molar-refractivity contribution in [2.45, 2.75) is 52.6 Å². The predicted octanol–water partition coefficient (Wildman–Crippen LogP) is 2.51. The Morgan fingerprint density at radius 2 is 2.17 bits per heavy atom.